The van der Waals surface area contributed by atoms with Crippen LogP contribution in [0, 0.1) is 5.92 Å². The molecule has 5 heteroatoms. The van der Waals surface area contributed by atoms with Gasteiger partial charge in [0.2, 0.25) is 0 Å². The highest BCUT2D eigenvalue weighted by Gasteiger charge is 2.12. The highest BCUT2D eigenvalue weighted by atomic mass is 79.9. The molecule has 0 aliphatic carbocycles. The van der Waals surface area contributed by atoms with Gasteiger partial charge in [-0.1, -0.05) is 35.0 Å². The SMILES string of the molecule is CC(CNC(C)c1cccc(Br)c1)CS(C)(=O)=O. The first kappa shape index (κ1) is 15.7. The van der Waals surface area contributed by atoms with Crippen molar-refractivity contribution in [2.24, 2.45) is 5.92 Å². The van der Waals surface area contributed by atoms with Gasteiger partial charge in [-0.3, -0.25) is 0 Å². The lowest BCUT2D eigenvalue weighted by Crippen LogP contribution is -2.28. The minimum atomic E-state index is -2.89. The third-order valence-corrected chi connectivity index (χ3v) is 4.38. The molecule has 1 rings (SSSR count). The highest BCUT2D eigenvalue weighted by Crippen LogP contribution is 2.18. The van der Waals surface area contributed by atoms with Crippen molar-refractivity contribution in [3.63, 3.8) is 0 Å². The lowest BCUT2D eigenvalue weighted by Gasteiger charge is -2.17. The van der Waals surface area contributed by atoms with E-state index in [-0.39, 0.29) is 17.7 Å². The van der Waals surface area contributed by atoms with Crippen molar-refractivity contribution in [2.75, 3.05) is 18.6 Å². The van der Waals surface area contributed by atoms with E-state index in [0.717, 1.165) is 4.47 Å². The molecule has 0 heterocycles. The molecule has 0 saturated carbocycles. The van der Waals surface area contributed by atoms with Crippen LogP contribution in [0.15, 0.2) is 28.7 Å². The average Bonchev–Trinajstić information content (AvgIpc) is 2.23. The second-order valence-corrected chi connectivity index (χ2v) is 7.98. The number of benzene rings is 1. The summed E-state index contributed by atoms with van der Waals surface area (Å²) in [6, 6.07) is 8.33. The molecule has 0 bridgehead atoms. The smallest absolute Gasteiger partial charge is 0.147 e. The lowest BCUT2D eigenvalue weighted by atomic mass is 10.1. The summed E-state index contributed by atoms with van der Waals surface area (Å²) >= 11 is 3.44. The van der Waals surface area contributed by atoms with E-state index in [4.69, 9.17) is 0 Å². The van der Waals surface area contributed by atoms with E-state index in [9.17, 15) is 8.42 Å². The fourth-order valence-electron chi connectivity index (χ4n) is 1.85. The number of hydrogen-bond acceptors (Lipinski definition) is 3. The molecular weight excluding hydrogens is 314 g/mol. The predicted octanol–water partition coefficient (Wildman–Crippen LogP) is 2.78. The van der Waals surface area contributed by atoms with Gasteiger partial charge in [0, 0.05) is 16.8 Å². The molecule has 3 nitrogen and oxygen atoms in total. The second kappa shape index (κ2) is 6.68. The molecular formula is C13H20BrNO2S. The highest BCUT2D eigenvalue weighted by molar-refractivity contribution is 9.10. The Morgan fingerprint density at radius 1 is 1.33 bits per heavy atom. The van der Waals surface area contributed by atoms with Crippen LogP contribution in [-0.2, 0) is 9.84 Å². The Balaban J connectivity index is 2.49. The van der Waals surface area contributed by atoms with E-state index in [1.54, 1.807) is 0 Å². The molecule has 0 radical (unpaired) electrons. The summed E-state index contributed by atoms with van der Waals surface area (Å²) in [5, 5.41) is 3.36. The van der Waals surface area contributed by atoms with Crippen molar-refractivity contribution in [1.82, 2.24) is 5.32 Å². The van der Waals surface area contributed by atoms with Gasteiger partial charge in [0.25, 0.3) is 0 Å². The van der Waals surface area contributed by atoms with E-state index in [1.807, 2.05) is 19.1 Å². The van der Waals surface area contributed by atoms with E-state index in [2.05, 4.69) is 40.3 Å². The van der Waals surface area contributed by atoms with Gasteiger partial charge in [-0.15, -0.1) is 0 Å². The molecule has 0 saturated heterocycles. The van der Waals surface area contributed by atoms with Crippen LogP contribution < -0.4 is 5.32 Å². The van der Waals surface area contributed by atoms with Crippen LogP contribution in [0.4, 0.5) is 0 Å². The quantitative estimate of drug-likeness (QED) is 0.870. The number of halogens is 1. The standard InChI is InChI=1S/C13H20BrNO2S/c1-10(9-18(3,16)17)8-15-11(2)12-5-4-6-13(14)7-12/h4-7,10-11,15H,8-9H2,1-3H3. The molecule has 0 amide bonds. The summed E-state index contributed by atoms with van der Waals surface area (Å²) in [6.45, 7) is 4.72. The molecule has 102 valence electrons. The molecule has 0 aromatic heterocycles. The molecule has 0 aliphatic heterocycles. The van der Waals surface area contributed by atoms with Gasteiger partial charge in [0.05, 0.1) is 5.75 Å². The Labute approximate surface area is 118 Å². The van der Waals surface area contributed by atoms with Crippen LogP contribution in [0.3, 0.4) is 0 Å². The minimum Gasteiger partial charge on any atom is -0.310 e. The Bertz CT molecular complexity index is 488. The molecule has 2 atom stereocenters. The molecule has 1 aromatic carbocycles. The number of hydrogen-bond donors (Lipinski definition) is 1. The van der Waals surface area contributed by atoms with E-state index >= 15 is 0 Å². The van der Waals surface area contributed by atoms with Crippen molar-refractivity contribution in [2.45, 2.75) is 19.9 Å². The molecule has 0 aliphatic rings. The summed E-state index contributed by atoms with van der Waals surface area (Å²) in [7, 11) is -2.89. The van der Waals surface area contributed by atoms with Gasteiger partial charge in [0.1, 0.15) is 9.84 Å². The summed E-state index contributed by atoms with van der Waals surface area (Å²) in [5.74, 6) is 0.347. The van der Waals surface area contributed by atoms with Gasteiger partial charge in [0.15, 0.2) is 0 Å². The third-order valence-electron chi connectivity index (χ3n) is 2.71. The van der Waals surface area contributed by atoms with Gasteiger partial charge in [-0.05, 0) is 37.1 Å². The zero-order valence-corrected chi connectivity index (χ0v) is 13.4. The fourth-order valence-corrected chi connectivity index (χ4v) is 3.42. The molecule has 2 unspecified atom stereocenters. The minimum absolute atomic E-state index is 0.120. The lowest BCUT2D eigenvalue weighted by molar-refractivity contribution is 0.491. The number of sulfone groups is 1. The Kier molecular flexibility index (Phi) is 5.82. The number of nitrogens with one attached hydrogen (secondary N) is 1. The Morgan fingerprint density at radius 3 is 2.56 bits per heavy atom. The van der Waals surface area contributed by atoms with Crippen molar-refractivity contribution in [1.29, 1.82) is 0 Å². The fraction of sp³-hybridized carbons (Fsp3) is 0.538. The Hall–Kier alpha value is -0.390. The molecule has 18 heavy (non-hydrogen) atoms. The predicted molar refractivity (Wildman–Crippen MR) is 79.4 cm³/mol. The van der Waals surface area contributed by atoms with E-state index in [1.165, 1.54) is 11.8 Å². The summed E-state index contributed by atoms with van der Waals surface area (Å²) < 4.78 is 23.4. The second-order valence-electron chi connectivity index (χ2n) is 4.88. The number of rotatable bonds is 6. The van der Waals surface area contributed by atoms with Crippen LogP contribution in [0.25, 0.3) is 0 Å². The van der Waals surface area contributed by atoms with Crippen LogP contribution >= 0.6 is 15.9 Å². The average molecular weight is 334 g/mol. The molecule has 1 N–H and O–H groups in total. The van der Waals surface area contributed by atoms with Crippen molar-refractivity contribution in [3.05, 3.63) is 34.3 Å². The molecule has 0 spiro atoms. The van der Waals surface area contributed by atoms with E-state index in [0.29, 0.717) is 6.54 Å². The maximum atomic E-state index is 11.2. The van der Waals surface area contributed by atoms with Gasteiger partial charge in [-0.25, -0.2) is 8.42 Å². The van der Waals surface area contributed by atoms with Crippen LogP contribution in [0.2, 0.25) is 0 Å². The van der Waals surface area contributed by atoms with Crippen molar-refractivity contribution < 1.29 is 8.42 Å². The van der Waals surface area contributed by atoms with Crippen molar-refractivity contribution >= 4 is 25.8 Å². The topological polar surface area (TPSA) is 46.2 Å². The van der Waals surface area contributed by atoms with Crippen LogP contribution in [-0.4, -0.2) is 27.0 Å². The molecule has 0 fully saturated rings. The third kappa shape index (κ3) is 5.98. The zero-order chi connectivity index (χ0) is 13.8. The van der Waals surface area contributed by atoms with Gasteiger partial charge in [-0.2, -0.15) is 0 Å². The summed E-state index contributed by atoms with van der Waals surface area (Å²) in [6.07, 6.45) is 1.28. The van der Waals surface area contributed by atoms with Crippen LogP contribution in [0.1, 0.15) is 25.5 Å². The monoisotopic (exact) mass is 333 g/mol. The largest absolute Gasteiger partial charge is 0.310 e. The first-order valence-electron chi connectivity index (χ1n) is 5.94. The first-order valence-corrected chi connectivity index (χ1v) is 8.80. The maximum Gasteiger partial charge on any atom is 0.147 e. The maximum absolute atomic E-state index is 11.2. The first-order chi connectivity index (χ1) is 8.28. The van der Waals surface area contributed by atoms with Gasteiger partial charge < -0.3 is 5.32 Å². The van der Waals surface area contributed by atoms with Crippen molar-refractivity contribution in [3.8, 4) is 0 Å². The zero-order valence-electron chi connectivity index (χ0n) is 11.0. The van der Waals surface area contributed by atoms with E-state index < -0.39 is 9.84 Å². The summed E-state index contributed by atoms with van der Waals surface area (Å²) in [5.41, 5.74) is 1.19. The van der Waals surface area contributed by atoms with Crippen LogP contribution in [0.5, 0.6) is 0 Å². The Morgan fingerprint density at radius 2 is 2.00 bits per heavy atom. The summed E-state index contributed by atoms with van der Waals surface area (Å²) in [4.78, 5) is 0. The van der Waals surface area contributed by atoms with Gasteiger partial charge >= 0.3 is 0 Å². The normalized spacial score (nSPS) is 15.3. The molecule has 1 aromatic rings.